The minimum atomic E-state index is 0.628. The predicted octanol–water partition coefficient (Wildman–Crippen LogP) is 5.30. The molecule has 0 fully saturated rings. The smallest absolute Gasteiger partial charge is 0.111 e. The maximum absolute atomic E-state index is 4.77. The Morgan fingerprint density at radius 2 is 1.88 bits per heavy atom. The standard InChI is InChI=1S/C21H17BrN4/c1-15-7-6-10-18(22)21(15)24-13-19-17-9-2-3-11-20(17)26(25-19)14-16-8-4-5-12-23-16/h2-13H,14H2,1H3. The number of halogens is 1. The fourth-order valence-electron chi connectivity index (χ4n) is 2.93. The molecule has 0 N–H and O–H groups in total. The van der Waals surface area contributed by atoms with Crippen LogP contribution in [0, 0.1) is 6.92 Å². The minimum absolute atomic E-state index is 0.628. The van der Waals surface area contributed by atoms with Crippen molar-refractivity contribution in [2.24, 2.45) is 4.99 Å². The first-order valence-corrected chi connectivity index (χ1v) is 9.16. The van der Waals surface area contributed by atoms with E-state index in [-0.39, 0.29) is 0 Å². The number of hydrogen-bond donors (Lipinski definition) is 0. The van der Waals surface area contributed by atoms with Crippen LogP contribution >= 0.6 is 15.9 Å². The largest absolute Gasteiger partial charge is 0.259 e. The molecule has 26 heavy (non-hydrogen) atoms. The number of rotatable bonds is 4. The number of hydrogen-bond acceptors (Lipinski definition) is 3. The van der Waals surface area contributed by atoms with Gasteiger partial charge in [0.05, 0.1) is 29.7 Å². The molecular formula is C21H17BrN4. The van der Waals surface area contributed by atoms with Crippen molar-refractivity contribution >= 4 is 38.7 Å². The van der Waals surface area contributed by atoms with Crippen molar-refractivity contribution in [3.8, 4) is 0 Å². The zero-order valence-electron chi connectivity index (χ0n) is 14.3. The van der Waals surface area contributed by atoms with Crippen LogP contribution in [0.1, 0.15) is 17.0 Å². The molecular weight excluding hydrogens is 388 g/mol. The number of para-hydroxylation sites is 2. The summed E-state index contributed by atoms with van der Waals surface area (Å²) in [5.74, 6) is 0. The molecule has 0 aliphatic carbocycles. The molecule has 0 atom stereocenters. The topological polar surface area (TPSA) is 43.1 Å². The summed E-state index contributed by atoms with van der Waals surface area (Å²) in [6.07, 6.45) is 3.64. The number of nitrogens with zero attached hydrogens (tertiary/aromatic N) is 4. The van der Waals surface area contributed by atoms with Crippen molar-refractivity contribution in [2.45, 2.75) is 13.5 Å². The summed E-state index contributed by atoms with van der Waals surface area (Å²) in [5.41, 5.74) is 4.95. The van der Waals surface area contributed by atoms with Crippen LogP contribution in [0.3, 0.4) is 0 Å². The van der Waals surface area contributed by atoms with Crippen LogP contribution in [-0.4, -0.2) is 21.0 Å². The van der Waals surface area contributed by atoms with Crippen LogP contribution in [0.4, 0.5) is 5.69 Å². The van der Waals surface area contributed by atoms with Gasteiger partial charge in [0, 0.05) is 16.1 Å². The Morgan fingerprint density at radius 3 is 2.69 bits per heavy atom. The maximum atomic E-state index is 4.77. The summed E-state index contributed by atoms with van der Waals surface area (Å²) in [6.45, 7) is 2.68. The number of pyridine rings is 1. The number of aliphatic imine (C=N–C) groups is 1. The molecule has 4 nitrogen and oxygen atoms in total. The predicted molar refractivity (Wildman–Crippen MR) is 109 cm³/mol. The zero-order chi connectivity index (χ0) is 17.9. The average Bonchev–Trinajstić information content (AvgIpc) is 3.00. The molecule has 2 aromatic heterocycles. The Kier molecular flexibility index (Phi) is 4.63. The molecule has 0 saturated carbocycles. The lowest BCUT2D eigenvalue weighted by molar-refractivity contribution is 0.695. The molecule has 128 valence electrons. The summed E-state index contributed by atoms with van der Waals surface area (Å²) in [6, 6.07) is 20.2. The molecule has 2 aromatic carbocycles. The summed E-state index contributed by atoms with van der Waals surface area (Å²) < 4.78 is 2.96. The van der Waals surface area contributed by atoms with Crippen molar-refractivity contribution in [3.63, 3.8) is 0 Å². The molecule has 0 unspecified atom stereocenters. The van der Waals surface area contributed by atoms with Gasteiger partial charge in [-0.05, 0) is 52.7 Å². The first-order valence-electron chi connectivity index (χ1n) is 8.37. The van der Waals surface area contributed by atoms with Crippen molar-refractivity contribution in [1.29, 1.82) is 0 Å². The third-order valence-corrected chi connectivity index (χ3v) is 4.87. The fraction of sp³-hybridized carbons (Fsp3) is 0.0952. The van der Waals surface area contributed by atoms with Gasteiger partial charge < -0.3 is 0 Å². The van der Waals surface area contributed by atoms with Crippen molar-refractivity contribution < 1.29 is 0 Å². The van der Waals surface area contributed by atoms with Crippen LogP contribution in [0.5, 0.6) is 0 Å². The van der Waals surface area contributed by atoms with Gasteiger partial charge in [-0.15, -0.1) is 0 Å². The normalized spacial score (nSPS) is 11.5. The lowest BCUT2D eigenvalue weighted by Crippen LogP contribution is -2.03. The van der Waals surface area contributed by atoms with Crippen molar-refractivity contribution in [3.05, 3.63) is 88.3 Å². The highest BCUT2D eigenvalue weighted by Crippen LogP contribution is 2.29. The Hall–Kier alpha value is -2.79. The van der Waals surface area contributed by atoms with Gasteiger partial charge in [-0.2, -0.15) is 5.10 Å². The molecule has 0 spiro atoms. The first kappa shape index (κ1) is 16.7. The summed E-state index contributed by atoms with van der Waals surface area (Å²) in [4.78, 5) is 9.09. The number of aromatic nitrogens is 3. The molecule has 4 aromatic rings. The van der Waals surface area contributed by atoms with Crippen molar-refractivity contribution in [2.75, 3.05) is 0 Å². The van der Waals surface area contributed by atoms with Gasteiger partial charge in [0.1, 0.15) is 5.69 Å². The van der Waals surface area contributed by atoms with E-state index in [1.807, 2.05) is 53.4 Å². The van der Waals surface area contributed by atoms with Crippen LogP contribution in [0.15, 0.2) is 76.3 Å². The fourth-order valence-corrected chi connectivity index (χ4v) is 3.49. The zero-order valence-corrected chi connectivity index (χ0v) is 15.9. The third-order valence-electron chi connectivity index (χ3n) is 4.23. The quantitative estimate of drug-likeness (QED) is 0.433. The molecule has 2 heterocycles. The van der Waals surface area contributed by atoms with Crippen molar-refractivity contribution in [1.82, 2.24) is 14.8 Å². The van der Waals surface area contributed by atoms with E-state index in [4.69, 9.17) is 5.10 Å². The summed E-state index contributed by atoms with van der Waals surface area (Å²) in [5, 5.41) is 5.85. The third kappa shape index (κ3) is 3.30. The SMILES string of the molecule is Cc1cccc(Br)c1N=Cc1nn(Cc2ccccn2)c2ccccc12. The minimum Gasteiger partial charge on any atom is -0.259 e. The highest BCUT2D eigenvalue weighted by molar-refractivity contribution is 9.10. The Morgan fingerprint density at radius 1 is 1.04 bits per heavy atom. The van der Waals surface area contributed by atoms with E-state index in [0.717, 1.165) is 38.0 Å². The van der Waals surface area contributed by atoms with E-state index < -0.39 is 0 Å². The molecule has 0 bridgehead atoms. The average molecular weight is 405 g/mol. The van der Waals surface area contributed by atoms with Gasteiger partial charge in [-0.25, -0.2) is 0 Å². The summed E-state index contributed by atoms with van der Waals surface area (Å²) in [7, 11) is 0. The van der Waals surface area contributed by atoms with Crippen LogP contribution in [0.25, 0.3) is 10.9 Å². The molecule has 5 heteroatoms. The number of benzene rings is 2. The van der Waals surface area contributed by atoms with E-state index in [2.05, 4.69) is 51.0 Å². The van der Waals surface area contributed by atoms with E-state index >= 15 is 0 Å². The molecule has 0 amide bonds. The Labute approximate surface area is 160 Å². The van der Waals surface area contributed by atoms with Gasteiger partial charge in [0.2, 0.25) is 0 Å². The second kappa shape index (κ2) is 7.22. The lowest BCUT2D eigenvalue weighted by atomic mass is 10.2. The molecule has 0 radical (unpaired) electrons. The van der Waals surface area contributed by atoms with Gasteiger partial charge >= 0.3 is 0 Å². The highest BCUT2D eigenvalue weighted by atomic mass is 79.9. The van der Waals surface area contributed by atoms with Gasteiger partial charge in [-0.1, -0.05) is 36.4 Å². The number of fused-ring (bicyclic) bond motifs is 1. The second-order valence-corrected chi connectivity index (χ2v) is 6.90. The van der Waals surface area contributed by atoms with Crippen LogP contribution < -0.4 is 0 Å². The van der Waals surface area contributed by atoms with Crippen LogP contribution in [-0.2, 0) is 6.54 Å². The molecule has 0 aliphatic heterocycles. The van der Waals surface area contributed by atoms with E-state index in [9.17, 15) is 0 Å². The molecule has 0 saturated heterocycles. The lowest BCUT2D eigenvalue weighted by Gasteiger charge is -2.02. The second-order valence-electron chi connectivity index (χ2n) is 6.04. The van der Waals surface area contributed by atoms with Gasteiger partial charge in [0.15, 0.2) is 0 Å². The Bertz CT molecular complexity index is 1060. The maximum Gasteiger partial charge on any atom is 0.111 e. The van der Waals surface area contributed by atoms with Gasteiger partial charge in [-0.3, -0.25) is 14.7 Å². The highest BCUT2D eigenvalue weighted by Gasteiger charge is 2.10. The van der Waals surface area contributed by atoms with E-state index in [0.29, 0.717) is 6.54 Å². The monoisotopic (exact) mass is 404 g/mol. The van der Waals surface area contributed by atoms with Gasteiger partial charge in [0.25, 0.3) is 0 Å². The summed E-state index contributed by atoms with van der Waals surface area (Å²) >= 11 is 3.57. The van der Waals surface area contributed by atoms with Crippen LogP contribution in [0.2, 0.25) is 0 Å². The molecule has 0 aliphatic rings. The Balaban J connectivity index is 1.75. The van der Waals surface area contributed by atoms with E-state index in [1.165, 1.54) is 0 Å². The molecule has 4 rings (SSSR count). The van der Waals surface area contributed by atoms with E-state index in [1.54, 1.807) is 6.20 Å². The first-order chi connectivity index (χ1) is 12.7. The number of aryl methyl sites for hydroxylation is 1.